The number of carbonyl (C=O) groups excluding carboxylic acids is 2. The van der Waals surface area contributed by atoms with E-state index < -0.39 is 0 Å². The van der Waals surface area contributed by atoms with E-state index in [9.17, 15) is 9.59 Å². The van der Waals surface area contributed by atoms with Crippen molar-refractivity contribution in [3.8, 4) is 0 Å². The number of hydrogen-bond donors (Lipinski definition) is 1. The lowest BCUT2D eigenvalue weighted by Crippen LogP contribution is -2.41. The minimum Gasteiger partial charge on any atom is -0.378 e. The van der Waals surface area contributed by atoms with E-state index in [1.165, 1.54) is 6.42 Å². The first kappa shape index (κ1) is 19.7. The number of para-hydroxylation sites is 1. The number of anilines is 1. The van der Waals surface area contributed by atoms with Gasteiger partial charge in [-0.2, -0.15) is 0 Å². The summed E-state index contributed by atoms with van der Waals surface area (Å²) in [6.07, 6.45) is 5.34. The van der Waals surface area contributed by atoms with E-state index >= 15 is 0 Å². The highest BCUT2D eigenvalue weighted by Gasteiger charge is 2.22. The molecule has 1 aliphatic heterocycles. The molecule has 0 bridgehead atoms. The Morgan fingerprint density at radius 3 is 2.59 bits per heavy atom. The highest BCUT2D eigenvalue weighted by Crippen LogP contribution is 2.24. The van der Waals surface area contributed by atoms with E-state index in [2.05, 4.69) is 22.3 Å². The number of nitrogens with one attached hydrogen (secondary N) is 1. The highest BCUT2D eigenvalue weighted by molar-refractivity contribution is 5.85. The number of rotatable bonds is 6. The van der Waals surface area contributed by atoms with Gasteiger partial charge in [0.1, 0.15) is 0 Å². The van der Waals surface area contributed by atoms with Crippen molar-refractivity contribution in [2.75, 3.05) is 44.8 Å². The van der Waals surface area contributed by atoms with Gasteiger partial charge in [-0.05, 0) is 24.5 Å². The molecule has 148 valence electrons. The molecular weight excluding hydrogens is 342 g/mol. The standard InChI is InChI=1S/C21H31N3O3/c1-23(20(25)15-22-21(26)17-7-3-2-4-8-17)16-18-9-5-6-10-19(18)24-11-13-27-14-12-24/h5-6,9-10,17H,2-4,7-8,11-16H2,1H3,(H,22,26). The normalized spacial score (nSPS) is 18.2. The number of nitrogens with zero attached hydrogens (tertiary/aromatic N) is 2. The predicted molar refractivity (Wildman–Crippen MR) is 106 cm³/mol. The van der Waals surface area contributed by atoms with Gasteiger partial charge < -0.3 is 19.9 Å². The first-order valence-corrected chi connectivity index (χ1v) is 10.1. The Labute approximate surface area is 161 Å². The quantitative estimate of drug-likeness (QED) is 0.830. The van der Waals surface area contributed by atoms with Gasteiger partial charge in [0.15, 0.2) is 0 Å². The van der Waals surface area contributed by atoms with Crippen molar-refractivity contribution in [2.24, 2.45) is 5.92 Å². The van der Waals surface area contributed by atoms with Crippen LogP contribution >= 0.6 is 0 Å². The summed E-state index contributed by atoms with van der Waals surface area (Å²) in [7, 11) is 1.80. The van der Waals surface area contributed by atoms with Crippen LogP contribution in [0.25, 0.3) is 0 Å². The lowest BCUT2D eigenvalue weighted by Gasteiger charge is -2.31. The maximum Gasteiger partial charge on any atom is 0.242 e. The number of likely N-dealkylation sites (N-methyl/N-ethyl adjacent to an activating group) is 1. The van der Waals surface area contributed by atoms with E-state index in [1.54, 1.807) is 11.9 Å². The average Bonchev–Trinajstić information content (AvgIpc) is 2.73. The van der Waals surface area contributed by atoms with Crippen molar-refractivity contribution >= 4 is 17.5 Å². The first-order chi connectivity index (χ1) is 13.1. The SMILES string of the molecule is CN(Cc1ccccc1N1CCOCC1)C(=O)CNC(=O)C1CCCCC1. The van der Waals surface area contributed by atoms with Crippen molar-refractivity contribution in [3.05, 3.63) is 29.8 Å². The summed E-state index contributed by atoms with van der Waals surface area (Å²) in [5.41, 5.74) is 2.28. The van der Waals surface area contributed by atoms with Gasteiger partial charge in [0.05, 0.1) is 19.8 Å². The Balaban J connectivity index is 1.52. The minimum atomic E-state index is -0.0593. The van der Waals surface area contributed by atoms with Gasteiger partial charge in [-0.1, -0.05) is 37.5 Å². The molecule has 2 aliphatic rings. The van der Waals surface area contributed by atoms with Crippen LogP contribution in [0.5, 0.6) is 0 Å². The fourth-order valence-corrected chi connectivity index (χ4v) is 3.91. The fourth-order valence-electron chi connectivity index (χ4n) is 3.91. The Hall–Kier alpha value is -2.08. The average molecular weight is 373 g/mol. The molecule has 0 aromatic heterocycles. The molecule has 1 aromatic rings. The molecule has 1 N–H and O–H groups in total. The topological polar surface area (TPSA) is 61.9 Å². The van der Waals surface area contributed by atoms with E-state index in [-0.39, 0.29) is 24.3 Å². The van der Waals surface area contributed by atoms with Crippen LogP contribution in [0.2, 0.25) is 0 Å². The van der Waals surface area contributed by atoms with Crippen LogP contribution in [-0.4, -0.2) is 56.6 Å². The number of amides is 2. The van der Waals surface area contributed by atoms with Crippen LogP contribution in [0.15, 0.2) is 24.3 Å². The summed E-state index contributed by atoms with van der Waals surface area (Å²) >= 11 is 0. The minimum absolute atomic E-state index is 0.0326. The molecule has 0 atom stereocenters. The van der Waals surface area contributed by atoms with Crippen molar-refractivity contribution < 1.29 is 14.3 Å². The van der Waals surface area contributed by atoms with Gasteiger partial charge in [0, 0.05) is 38.3 Å². The zero-order valence-electron chi connectivity index (χ0n) is 16.3. The van der Waals surface area contributed by atoms with Crippen molar-refractivity contribution in [3.63, 3.8) is 0 Å². The fraction of sp³-hybridized carbons (Fsp3) is 0.619. The van der Waals surface area contributed by atoms with E-state index in [0.29, 0.717) is 6.54 Å². The molecule has 0 spiro atoms. The Kier molecular flexibility index (Phi) is 7.10. The van der Waals surface area contributed by atoms with Crippen LogP contribution in [0.1, 0.15) is 37.7 Å². The van der Waals surface area contributed by atoms with Crippen molar-refractivity contribution in [2.45, 2.75) is 38.6 Å². The highest BCUT2D eigenvalue weighted by atomic mass is 16.5. The Morgan fingerprint density at radius 2 is 1.85 bits per heavy atom. The molecule has 3 rings (SSSR count). The van der Waals surface area contributed by atoms with Crippen molar-refractivity contribution in [1.29, 1.82) is 0 Å². The largest absolute Gasteiger partial charge is 0.378 e. The summed E-state index contributed by atoms with van der Waals surface area (Å²) in [6, 6.07) is 8.20. The Morgan fingerprint density at radius 1 is 1.15 bits per heavy atom. The summed E-state index contributed by atoms with van der Waals surface area (Å²) in [4.78, 5) is 28.7. The lowest BCUT2D eigenvalue weighted by atomic mass is 9.89. The van der Waals surface area contributed by atoms with Crippen LogP contribution in [0.3, 0.4) is 0 Å². The van der Waals surface area contributed by atoms with Gasteiger partial charge in [-0.25, -0.2) is 0 Å². The number of ether oxygens (including phenoxy) is 1. The molecule has 1 saturated heterocycles. The van der Waals surface area contributed by atoms with Crippen LogP contribution in [0.4, 0.5) is 5.69 Å². The van der Waals surface area contributed by atoms with Crippen LogP contribution in [-0.2, 0) is 20.9 Å². The zero-order chi connectivity index (χ0) is 19.1. The molecule has 0 radical (unpaired) electrons. The number of hydrogen-bond acceptors (Lipinski definition) is 4. The summed E-state index contributed by atoms with van der Waals surface area (Å²) in [5.74, 6) is 0.0556. The van der Waals surface area contributed by atoms with Gasteiger partial charge in [-0.3, -0.25) is 9.59 Å². The predicted octanol–water partition coefficient (Wildman–Crippen LogP) is 2.18. The lowest BCUT2D eigenvalue weighted by molar-refractivity contribution is -0.133. The molecule has 0 unspecified atom stereocenters. The molecule has 1 heterocycles. The molecule has 27 heavy (non-hydrogen) atoms. The summed E-state index contributed by atoms with van der Waals surface area (Å²) in [6.45, 7) is 3.81. The van der Waals surface area contributed by atoms with Gasteiger partial charge >= 0.3 is 0 Å². The van der Waals surface area contributed by atoms with Gasteiger partial charge in [-0.15, -0.1) is 0 Å². The molecule has 6 nitrogen and oxygen atoms in total. The van der Waals surface area contributed by atoms with E-state index in [4.69, 9.17) is 4.74 Å². The molecule has 6 heteroatoms. The smallest absolute Gasteiger partial charge is 0.242 e. The number of benzene rings is 1. The summed E-state index contributed by atoms with van der Waals surface area (Å²) < 4.78 is 5.44. The van der Waals surface area contributed by atoms with E-state index in [0.717, 1.165) is 63.2 Å². The zero-order valence-corrected chi connectivity index (χ0v) is 16.3. The molecule has 2 fully saturated rings. The van der Waals surface area contributed by atoms with Crippen LogP contribution in [0, 0.1) is 5.92 Å². The second kappa shape index (κ2) is 9.74. The number of carbonyl (C=O) groups is 2. The van der Waals surface area contributed by atoms with Crippen LogP contribution < -0.4 is 10.2 Å². The second-order valence-corrected chi connectivity index (χ2v) is 7.53. The van der Waals surface area contributed by atoms with Gasteiger partial charge in [0.25, 0.3) is 0 Å². The maximum absolute atomic E-state index is 12.5. The molecular formula is C21H31N3O3. The third-order valence-electron chi connectivity index (χ3n) is 5.57. The Bertz CT molecular complexity index is 637. The van der Waals surface area contributed by atoms with E-state index in [1.807, 2.05) is 12.1 Å². The monoisotopic (exact) mass is 373 g/mol. The second-order valence-electron chi connectivity index (χ2n) is 7.53. The summed E-state index contributed by atoms with van der Waals surface area (Å²) in [5, 5.41) is 2.84. The number of morpholine rings is 1. The molecule has 1 aliphatic carbocycles. The van der Waals surface area contributed by atoms with Crippen molar-refractivity contribution in [1.82, 2.24) is 10.2 Å². The first-order valence-electron chi connectivity index (χ1n) is 10.1. The molecule has 2 amide bonds. The molecule has 1 saturated carbocycles. The van der Waals surface area contributed by atoms with Gasteiger partial charge in [0.2, 0.25) is 11.8 Å². The molecule has 1 aromatic carbocycles. The third kappa shape index (κ3) is 5.45. The maximum atomic E-state index is 12.5. The third-order valence-corrected chi connectivity index (χ3v) is 5.57.